The van der Waals surface area contributed by atoms with E-state index < -0.39 is 10.0 Å². The number of furan rings is 1. The molecule has 2 aromatic heterocycles. The van der Waals surface area contributed by atoms with Gasteiger partial charge in [0.25, 0.3) is 0 Å². The topological polar surface area (TPSA) is 101 Å². The van der Waals surface area contributed by atoms with Gasteiger partial charge in [-0.2, -0.15) is 4.31 Å². The zero-order valence-electron chi connectivity index (χ0n) is 20.2. The molecule has 186 valence electrons. The Kier molecular flexibility index (Phi) is 6.77. The Hall–Kier alpha value is -2.95. The van der Waals surface area contributed by atoms with E-state index in [1.165, 1.54) is 36.5 Å². The largest absolute Gasteiger partial charge is 0.492 e. The maximum Gasteiger partial charge on any atom is 0.227 e. The van der Waals surface area contributed by atoms with Crippen molar-refractivity contribution in [3.63, 3.8) is 0 Å². The van der Waals surface area contributed by atoms with E-state index in [4.69, 9.17) is 9.15 Å². The first-order valence-corrected chi connectivity index (χ1v) is 13.8. The summed E-state index contributed by atoms with van der Waals surface area (Å²) >= 11 is 0. The molecule has 5 rings (SSSR count). The zero-order valence-corrected chi connectivity index (χ0v) is 21.0. The van der Waals surface area contributed by atoms with Gasteiger partial charge >= 0.3 is 0 Å². The number of fused-ring (bicyclic) bond motifs is 1. The van der Waals surface area contributed by atoms with Crippen LogP contribution in [0.25, 0.3) is 11.5 Å². The summed E-state index contributed by atoms with van der Waals surface area (Å²) in [7, 11) is -3.24. The molecule has 0 spiro atoms. The van der Waals surface area contributed by atoms with Crippen LogP contribution >= 0.6 is 0 Å². The number of aryl methyl sites for hydroxylation is 1. The number of likely N-dealkylation sites (tertiary alicyclic amines) is 1. The van der Waals surface area contributed by atoms with Crippen LogP contribution in [0.15, 0.2) is 40.9 Å². The number of anilines is 2. The van der Waals surface area contributed by atoms with Gasteiger partial charge in [0.1, 0.15) is 23.8 Å². The summed E-state index contributed by atoms with van der Waals surface area (Å²) in [6.45, 7) is 6.66. The highest BCUT2D eigenvalue weighted by molar-refractivity contribution is 7.88. The molecule has 2 aliphatic rings. The number of benzene rings is 1. The smallest absolute Gasteiger partial charge is 0.227 e. The summed E-state index contributed by atoms with van der Waals surface area (Å²) in [6, 6.07) is 9.66. The molecule has 0 bridgehead atoms. The molecular formula is C25H31N5O4S. The van der Waals surface area contributed by atoms with Gasteiger partial charge in [-0.15, -0.1) is 0 Å². The van der Waals surface area contributed by atoms with Crippen molar-refractivity contribution in [2.24, 2.45) is 0 Å². The summed E-state index contributed by atoms with van der Waals surface area (Å²) in [5.74, 6) is 2.73. The van der Waals surface area contributed by atoms with Crippen LogP contribution in [0.4, 0.5) is 11.6 Å². The summed E-state index contributed by atoms with van der Waals surface area (Å²) in [4.78, 5) is 11.5. The fourth-order valence-electron chi connectivity index (χ4n) is 4.52. The van der Waals surface area contributed by atoms with E-state index >= 15 is 0 Å². The van der Waals surface area contributed by atoms with Gasteiger partial charge in [-0.25, -0.2) is 18.4 Å². The number of rotatable bonds is 8. The second-order valence-electron chi connectivity index (χ2n) is 9.18. The number of aromatic nitrogens is 2. The molecule has 0 saturated carbocycles. The van der Waals surface area contributed by atoms with Crippen LogP contribution in [0, 0.1) is 6.92 Å². The molecule has 1 aromatic carbocycles. The molecule has 0 radical (unpaired) electrons. The third-order valence-corrected chi connectivity index (χ3v) is 7.74. The van der Waals surface area contributed by atoms with Crippen molar-refractivity contribution in [2.75, 3.05) is 44.4 Å². The van der Waals surface area contributed by atoms with Crippen molar-refractivity contribution in [3.8, 4) is 17.2 Å². The first-order chi connectivity index (χ1) is 16.8. The van der Waals surface area contributed by atoms with Gasteiger partial charge in [0.05, 0.1) is 6.26 Å². The lowest BCUT2D eigenvalue weighted by molar-refractivity contribution is 0.238. The third kappa shape index (κ3) is 5.66. The molecule has 2 aliphatic heterocycles. The van der Waals surface area contributed by atoms with Crippen molar-refractivity contribution in [1.29, 1.82) is 0 Å². The van der Waals surface area contributed by atoms with Crippen LogP contribution < -0.4 is 10.1 Å². The minimum absolute atomic E-state index is 0.319. The Labute approximate surface area is 206 Å². The zero-order chi connectivity index (χ0) is 24.4. The Bertz CT molecular complexity index is 1280. The number of sulfonamides is 1. The second-order valence-corrected chi connectivity index (χ2v) is 11.2. The first kappa shape index (κ1) is 23.8. The van der Waals surface area contributed by atoms with Crippen LogP contribution in [0.1, 0.15) is 29.7 Å². The average Bonchev–Trinajstić information content (AvgIpc) is 3.50. The lowest BCUT2D eigenvalue weighted by Gasteiger charge is -2.23. The highest BCUT2D eigenvalue weighted by atomic mass is 32.2. The lowest BCUT2D eigenvalue weighted by atomic mass is 10.1. The molecule has 10 heteroatoms. The third-order valence-electron chi connectivity index (χ3n) is 6.49. The Balaban J connectivity index is 1.25. The van der Waals surface area contributed by atoms with Gasteiger partial charge in [0.15, 0.2) is 5.76 Å². The summed E-state index contributed by atoms with van der Waals surface area (Å²) in [5, 5.41) is 3.24. The van der Waals surface area contributed by atoms with Gasteiger partial charge in [-0.1, -0.05) is 0 Å². The van der Waals surface area contributed by atoms with Crippen molar-refractivity contribution < 1.29 is 17.6 Å². The highest BCUT2D eigenvalue weighted by Gasteiger charge is 2.27. The molecule has 3 aromatic rings. The van der Waals surface area contributed by atoms with Gasteiger partial charge in [-0.3, -0.25) is 4.90 Å². The highest BCUT2D eigenvalue weighted by Crippen LogP contribution is 2.31. The van der Waals surface area contributed by atoms with Crippen LogP contribution in [0.3, 0.4) is 0 Å². The van der Waals surface area contributed by atoms with E-state index in [-0.39, 0.29) is 0 Å². The molecule has 1 N–H and O–H groups in total. The quantitative estimate of drug-likeness (QED) is 0.504. The van der Waals surface area contributed by atoms with Gasteiger partial charge in [0, 0.05) is 43.5 Å². The van der Waals surface area contributed by atoms with E-state index in [9.17, 15) is 8.42 Å². The standard InChI is InChI=1S/C25H31N5O4S/c1-18-16-26-25(27-20-5-7-21(8-6-20)33-14-13-29-10-3-4-11-29)28-24(18)23-15-19-17-30(35(2,31)32)12-9-22(19)34-23/h5-8,15-16H,3-4,9-14,17H2,1-2H3,(H,26,27,28). The molecule has 9 nitrogen and oxygen atoms in total. The Morgan fingerprint density at radius 3 is 2.66 bits per heavy atom. The monoisotopic (exact) mass is 497 g/mol. The summed E-state index contributed by atoms with van der Waals surface area (Å²) in [6.07, 6.45) is 6.11. The summed E-state index contributed by atoms with van der Waals surface area (Å²) < 4.78 is 37.3. The predicted octanol–water partition coefficient (Wildman–Crippen LogP) is 3.58. The summed E-state index contributed by atoms with van der Waals surface area (Å²) in [5.41, 5.74) is 3.30. The van der Waals surface area contributed by atoms with Crippen molar-refractivity contribution >= 4 is 21.7 Å². The van der Waals surface area contributed by atoms with Crippen LogP contribution in [-0.4, -0.2) is 66.6 Å². The van der Waals surface area contributed by atoms with Crippen molar-refractivity contribution in [3.05, 3.63) is 53.4 Å². The molecule has 0 aliphatic carbocycles. The van der Waals surface area contributed by atoms with Crippen molar-refractivity contribution in [1.82, 2.24) is 19.2 Å². The second kappa shape index (κ2) is 9.96. The average molecular weight is 498 g/mol. The van der Waals surface area contributed by atoms with Crippen LogP contribution in [0.2, 0.25) is 0 Å². The molecule has 1 saturated heterocycles. The molecule has 0 amide bonds. The lowest BCUT2D eigenvalue weighted by Crippen LogP contribution is -2.34. The van der Waals surface area contributed by atoms with Crippen molar-refractivity contribution in [2.45, 2.75) is 32.7 Å². The number of nitrogens with one attached hydrogen (secondary N) is 1. The van der Waals surface area contributed by atoms with E-state index in [0.29, 0.717) is 43.5 Å². The maximum absolute atomic E-state index is 11.9. The number of ether oxygens (including phenoxy) is 1. The minimum atomic E-state index is -3.24. The van der Waals surface area contributed by atoms with E-state index in [1.807, 2.05) is 37.3 Å². The van der Waals surface area contributed by atoms with Gasteiger partial charge in [0.2, 0.25) is 16.0 Å². The normalized spacial score (nSPS) is 16.9. The van der Waals surface area contributed by atoms with Crippen LogP contribution in [-0.2, 0) is 23.0 Å². The predicted molar refractivity (Wildman–Crippen MR) is 134 cm³/mol. The Morgan fingerprint density at radius 1 is 1.14 bits per heavy atom. The van der Waals surface area contributed by atoms with E-state index in [1.54, 1.807) is 6.20 Å². The number of nitrogens with zero attached hydrogens (tertiary/aromatic N) is 4. The number of hydrogen-bond acceptors (Lipinski definition) is 8. The van der Waals surface area contributed by atoms with E-state index in [0.717, 1.165) is 34.9 Å². The molecule has 0 atom stereocenters. The van der Waals surface area contributed by atoms with Gasteiger partial charge < -0.3 is 14.5 Å². The molecule has 35 heavy (non-hydrogen) atoms. The fraction of sp³-hybridized carbons (Fsp3) is 0.440. The Morgan fingerprint density at radius 2 is 1.91 bits per heavy atom. The maximum atomic E-state index is 11.9. The molecule has 0 unspecified atom stereocenters. The molecule has 4 heterocycles. The minimum Gasteiger partial charge on any atom is -0.492 e. The first-order valence-electron chi connectivity index (χ1n) is 12.0. The molecule has 1 fully saturated rings. The fourth-order valence-corrected chi connectivity index (χ4v) is 5.32. The van der Waals surface area contributed by atoms with Gasteiger partial charge in [-0.05, 0) is 68.8 Å². The SMILES string of the molecule is Cc1cnc(Nc2ccc(OCCN3CCCC3)cc2)nc1-c1cc2c(o1)CCN(S(C)(=O)=O)C2. The van der Waals surface area contributed by atoms with E-state index in [2.05, 4.69) is 20.2 Å². The molecular weight excluding hydrogens is 466 g/mol. The van der Waals surface area contributed by atoms with Crippen LogP contribution in [0.5, 0.6) is 5.75 Å². The number of hydrogen-bond donors (Lipinski definition) is 1.